The van der Waals surface area contributed by atoms with Gasteiger partial charge in [-0.05, 0) is 71.8 Å². The second kappa shape index (κ2) is 16.4. The third-order valence-electron chi connectivity index (χ3n) is 7.72. The van der Waals surface area contributed by atoms with E-state index in [9.17, 15) is 4.79 Å². The molecule has 6 nitrogen and oxygen atoms in total. The van der Waals surface area contributed by atoms with Crippen LogP contribution >= 0.6 is 11.3 Å². The molecule has 0 fully saturated rings. The van der Waals surface area contributed by atoms with Crippen molar-refractivity contribution in [1.82, 2.24) is 14.6 Å². The van der Waals surface area contributed by atoms with Crippen molar-refractivity contribution in [3.63, 3.8) is 0 Å². The van der Waals surface area contributed by atoms with E-state index in [1.165, 1.54) is 38.2 Å². The average Bonchev–Trinajstić information content (AvgIpc) is 3.60. The fourth-order valence-electron chi connectivity index (χ4n) is 5.53. The van der Waals surface area contributed by atoms with Gasteiger partial charge >= 0.3 is 5.97 Å². The molecular weight excluding hydrogens is 577 g/mol. The molecule has 0 aliphatic heterocycles. The molecule has 0 aliphatic rings. The van der Waals surface area contributed by atoms with Crippen molar-refractivity contribution in [3.8, 4) is 16.2 Å². The van der Waals surface area contributed by atoms with E-state index >= 15 is 0 Å². The fourth-order valence-corrected chi connectivity index (χ4v) is 6.55. The van der Waals surface area contributed by atoms with Crippen molar-refractivity contribution in [1.29, 1.82) is 0 Å². The molecular formula is C36H41N3NaO3S. The van der Waals surface area contributed by atoms with Gasteiger partial charge in [0.1, 0.15) is 18.2 Å². The molecule has 44 heavy (non-hydrogen) atoms. The Morgan fingerprint density at radius 1 is 0.909 bits per heavy atom. The molecule has 5 rings (SSSR count). The third kappa shape index (κ3) is 8.83. The number of carbonyl (C=O) groups is 1. The van der Waals surface area contributed by atoms with Crippen LogP contribution in [-0.2, 0) is 36.4 Å². The molecule has 225 valence electrons. The summed E-state index contributed by atoms with van der Waals surface area (Å²) >= 11 is 1.70. The molecule has 1 radical (unpaired) electrons. The number of fused-ring (bicyclic) bond motifs is 1. The molecule has 0 aliphatic carbocycles. The van der Waals surface area contributed by atoms with Crippen LogP contribution in [-0.4, -0.2) is 50.1 Å². The number of imidazole rings is 1. The summed E-state index contributed by atoms with van der Waals surface area (Å²) in [6.07, 6.45) is 4.89. The fraction of sp³-hybridized carbons (Fsp3) is 0.333. The van der Waals surface area contributed by atoms with Crippen molar-refractivity contribution < 1.29 is 14.4 Å². The summed E-state index contributed by atoms with van der Waals surface area (Å²) in [6.45, 7) is 7.35. The molecule has 8 heteroatoms. The van der Waals surface area contributed by atoms with Crippen LogP contribution in [0.15, 0.2) is 84.9 Å². The standard InChI is InChI=1S/C36H41N3O3S.Na/c1-5-9-28(10-6-2)29-17-19-31(20-18-29)41-25-27-13-15-30(16-14-27)35-22-21-32(43-35)23-39(42-26(3)40)24-36-37-33-11-7-8-12-34(33)38(36)4;/h7-8,11-22,28H,5-6,9-10,23-25H2,1-4H3;. The van der Waals surface area contributed by atoms with Crippen LogP contribution in [0.5, 0.6) is 5.75 Å². The maximum absolute atomic E-state index is 11.9. The number of hydrogen-bond donors (Lipinski definition) is 0. The van der Waals surface area contributed by atoms with Gasteiger partial charge in [-0.25, -0.2) is 4.98 Å². The van der Waals surface area contributed by atoms with Crippen LogP contribution in [0.4, 0.5) is 0 Å². The molecule has 2 heterocycles. The van der Waals surface area contributed by atoms with E-state index in [1.54, 1.807) is 16.4 Å². The minimum absolute atomic E-state index is 0. The number of hydrogen-bond acceptors (Lipinski definition) is 6. The zero-order valence-corrected chi connectivity index (χ0v) is 29.4. The first kappa shape index (κ1) is 33.9. The molecule has 0 saturated heterocycles. The number of thiophene rings is 1. The molecule has 0 spiro atoms. The summed E-state index contributed by atoms with van der Waals surface area (Å²) in [6, 6.07) is 29.4. The Bertz CT molecular complexity index is 1620. The number of hydroxylamine groups is 2. The number of benzene rings is 3. The summed E-state index contributed by atoms with van der Waals surface area (Å²) < 4.78 is 8.14. The second-order valence-electron chi connectivity index (χ2n) is 11.1. The minimum atomic E-state index is -0.346. The summed E-state index contributed by atoms with van der Waals surface area (Å²) in [5.74, 6) is 2.03. The van der Waals surface area contributed by atoms with E-state index in [-0.39, 0.29) is 35.5 Å². The van der Waals surface area contributed by atoms with Crippen LogP contribution < -0.4 is 4.74 Å². The first-order valence-electron chi connectivity index (χ1n) is 15.2. The summed E-state index contributed by atoms with van der Waals surface area (Å²) in [7, 11) is 1.99. The van der Waals surface area contributed by atoms with Crippen molar-refractivity contribution in [2.24, 2.45) is 7.05 Å². The molecule has 0 N–H and O–H groups in total. The van der Waals surface area contributed by atoms with Crippen molar-refractivity contribution in [3.05, 3.63) is 107 Å². The number of rotatable bonds is 14. The molecule has 0 amide bonds. The SMILES string of the molecule is CCCC(CCC)c1ccc(OCc2ccc(-c3ccc(CN(Cc4nc5ccccc5n4C)OC(C)=O)s3)cc2)cc1.[Na]. The Morgan fingerprint density at radius 2 is 1.61 bits per heavy atom. The number of aromatic nitrogens is 2. The van der Waals surface area contributed by atoms with E-state index in [1.807, 2.05) is 35.9 Å². The normalized spacial score (nSPS) is 11.2. The van der Waals surface area contributed by atoms with Crippen LogP contribution in [0.25, 0.3) is 21.5 Å². The van der Waals surface area contributed by atoms with Gasteiger partial charge < -0.3 is 14.1 Å². The van der Waals surface area contributed by atoms with E-state index < -0.39 is 0 Å². The van der Waals surface area contributed by atoms with Crippen molar-refractivity contribution in [2.75, 3.05) is 0 Å². The largest absolute Gasteiger partial charge is 0.489 e. The second-order valence-corrected chi connectivity index (χ2v) is 12.2. The predicted molar refractivity (Wildman–Crippen MR) is 181 cm³/mol. The number of aryl methyl sites for hydroxylation is 1. The Labute approximate surface area is 287 Å². The third-order valence-corrected chi connectivity index (χ3v) is 8.84. The molecule has 0 unspecified atom stereocenters. The first-order chi connectivity index (χ1) is 20.9. The van der Waals surface area contributed by atoms with E-state index in [0.717, 1.165) is 43.5 Å². The van der Waals surface area contributed by atoms with Crippen LogP contribution in [0.3, 0.4) is 0 Å². The predicted octanol–water partition coefficient (Wildman–Crippen LogP) is 8.66. The maximum atomic E-state index is 11.9. The first-order valence-corrected chi connectivity index (χ1v) is 16.0. The Balaban J connectivity index is 0.00000442. The average molecular weight is 619 g/mol. The molecule has 3 aromatic carbocycles. The van der Waals surface area contributed by atoms with Gasteiger partial charge in [-0.2, -0.15) is 0 Å². The maximum Gasteiger partial charge on any atom is 0.322 e. The van der Waals surface area contributed by atoms with Gasteiger partial charge in [0.2, 0.25) is 0 Å². The van der Waals surface area contributed by atoms with Crippen molar-refractivity contribution >= 4 is 57.9 Å². The Kier molecular flexibility index (Phi) is 12.6. The monoisotopic (exact) mass is 618 g/mol. The van der Waals surface area contributed by atoms with Gasteiger partial charge in [0.15, 0.2) is 0 Å². The van der Waals surface area contributed by atoms with Crippen LogP contribution in [0.2, 0.25) is 0 Å². The molecule has 0 bridgehead atoms. The van der Waals surface area contributed by atoms with E-state index in [0.29, 0.717) is 25.6 Å². The number of carbonyl (C=O) groups excluding carboxylic acids is 1. The minimum Gasteiger partial charge on any atom is -0.489 e. The molecule has 0 saturated carbocycles. The Morgan fingerprint density at radius 3 is 2.27 bits per heavy atom. The van der Waals surface area contributed by atoms with Gasteiger partial charge in [0, 0.05) is 53.3 Å². The zero-order chi connectivity index (χ0) is 30.2. The zero-order valence-electron chi connectivity index (χ0n) is 26.6. The van der Waals surface area contributed by atoms with Crippen LogP contribution in [0.1, 0.15) is 74.2 Å². The number of ether oxygens (including phenoxy) is 1. The van der Waals surface area contributed by atoms with Crippen molar-refractivity contribution in [2.45, 2.75) is 72.1 Å². The summed E-state index contributed by atoms with van der Waals surface area (Å²) in [4.78, 5) is 24.5. The molecule has 2 aromatic heterocycles. The summed E-state index contributed by atoms with van der Waals surface area (Å²) in [5, 5.41) is 1.68. The topological polar surface area (TPSA) is 56.6 Å². The van der Waals surface area contributed by atoms with Gasteiger partial charge in [-0.1, -0.05) is 75.2 Å². The van der Waals surface area contributed by atoms with Gasteiger partial charge in [0.05, 0.1) is 24.1 Å². The number of nitrogens with zero attached hydrogens (tertiary/aromatic N) is 3. The van der Waals surface area contributed by atoms with E-state index in [4.69, 9.17) is 14.6 Å². The smallest absolute Gasteiger partial charge is 0.322 e. The summed E-state index contributed by atoms with van der Waals surface area (Å²) in [5.41, 5.74) is 5.67. The van der Waals surface area contributed by atoms with Gasteiger partial charge in [-0.3, -0.25) is 4.79 Å². The van der Waals surface area contributed by atoms with Gasteiger partial charge in [0.25, 0.3) is 0 Å². The quantitative estimate of drug-likeness (QED) is 0.0921. The molecule has 0 atom stereocenters. The van der Waals surface area contributed by atoms with Crippen LogP contribution in [0, 0.1) is 0 Å². The molecule has 5 aromatic rings. The number of para-hydroxylation sites is 2. The van der Waals surface area contributed by atoms with Gasteiger partial charge in [-0.15, -0.1) is 16.4 Å². The Hall–Kier alpha value is -2.94. The van der Waals surface area contributed by atoms with E-state index in [2.05, 4.69) is 74.5 Å².